The van der Waals surface area contributed by atoms with Gasteiger partial charge < -0.3 is 19.6 Å². The molecule has 0 radical (unpaired) electrons. The highest BCUT2D eigenvalue weighted by Gasteiger charge is 2.40. The van der Waals surface area contributed by atoms with E-state index in [1.165, 1.54) is 115 Å². The number of hydrogen-bond donors (Lipinski definition) is 0. The predicted octanol–water partition coefficient (Wildman–Crippen LogP) is 16.5. The highest BCUT2D eigenvalue weighted by Crippen LogP contribution is 2.49. The van der Waals surface area contributed by atoms with Gasteiger partial charge in [0.2, 0.25) is 0 Å². The molecule has 4 aliphatic rings. The minimum Gasteiger partial charge on any atom is -0.372 e. The first kappa shape index (κ1) is 54.2. The van der Waals surface area contributed by atoms with Gasteiger partial charge in [0.25, 0.3) is 0 Å². The Morgan fingerprint density at radius 1 is 0.359 bits per heavy atom. The van der Waals surface area contributed by atoms with Crippen molar-refractivity contribution in [1.82, 2.24) is 0 Å². The summed E-state index contributed by atoms with van der Waals surface area (Å²) in [6.45, 7) is 27.5. The van der Waals surface area contributed by atoms with E-state index in [1.807, 2.05) is 0 Å². The molecule has 2 saturated carbocycles. The van der Waals surface area contributed by atoms with E-state index in [4.69, 9.17) is 9.98 Å². The van der Waals surface area contributed by atoms with Crippen LogP contribution < -0.4 is 19.6 Å². The minimum absolute atomic E-state index is 0.587. The van der Waals surface area contributed by atoms with Crippen molar-refractivity contribution < 1.29 is 0 Å². The van der Waals surface area contributed by atoms with Crippen molar-refractivity contribution in [3.8, 4) is 0 Å². The molecule has 0 N–H and O–H groups in total. The molecule has 0 aromatic heterocycles. The molecule has 2 fully saturated rings. The summed E-state index contributed by atoms with van der Waals surface area (Å²) in [6, 6.07) is 54.9. The van der Waals surface area contributed by atoms with E-state index in [0.29, 0.717) is 17.8 Å². The average Bonchev–Trinajstić information content (AvgIpc) is 3.90. The van der Waals surface area contributed by atoms with Crippen LogP contribution >= 0.6 is 0 Å². The molecule has 4 unspecified atom stereocenters. The van der Waals surface area contributed by atoms with E-state index in [0.717, 1.165) is 82.8 Å². The van der Waals surface area contributed by atoms with Crippen LogP contribution in [0.4, 0.5) is 22.7 Å². The van der Waals surface area contributed by atoms with Crippen LogP contribution in [0.3, 0.4) is 0 Å². The Morgan fingerprint density at radius 2 is 0.692 bits per heavy atom. The molecule has 4 atom stereocenters. The summed E-state index contributed by atoms with van der Waals surface area (Å²) in [5.74, 6) is 2.63. The van der Waals surface area contributed by atoms with Gasteiger partial charge in [-0.15, -0.1) is 0 Å². The lowest BCUT2D eigenvalue weighted by Gasteiger charge is -2.28. The number of nitrogens with zero attached hydrogens (tertiary/aromatic N) is 6. The van der Waals surface area contributed by atoms with Crippen molar-refractivity contribution in [3.05, 3.63) is 214 Å². The van der Waals surface area contributed by atoms with Gasteiger partial charge in [-0.1, -0.05) is 109 Å². The highest BCUT2D eigenvalue weighted by molar-refractivity contribution is 6.20. The lowest BCUT2D eigenvalue weighted by molar-refractivity contribution is 0.250. The predicted molar refractivity (Wildman–Crippen MR) is 338 cm³/mol. The molecule has 10 rings (SSSR count). The fraction of sp³-hybridized carbons (Fsp3) is 0.361. The zero-order valence-electron chi connectivity index (χ0n) is 48.1. The zero-order valence-corrected chi connectivity index (χ0v) is 48.1. The third-order valence-corrected chi connectivity index (χ3v) is 17.7. The Hall–Kier alpha value is -7.18. The van der Waals surface area contributed by atoms with Gasteiger partial charge in [0.05, 0.1) is 11.4 Å². The Balaban J connectivity index is 0.892. The number of fused-ring (bicyclic) bond motifs is 4. The first-order valence-electron chi connectivity index (χ1n) is 29.8. The first-order valence-corrected chi connectivity index (χ1v) is 29.8. The molecule has 0 spiro atoms. The number of benzene rings is 6. The van der Waals surface area contributed by atoms with E-state index in [1.54, 1.807) is 0 Å². The number of anilines is 4. The molecule has 402 valence electrons. The van der Waals surface area contributed by atoms with Crippen LogP contribution in [0.25, 0.3) is 22.3 Å². The smallest absolute Gasteiger partial charge is 0.0653 e. The van der Waals surface area contributed by atoms with Crippen molar-refractivity contribution in [1.29, 1.82) is 0 Å². The molecular weight excluding hydrogens is 949 g/mol. The molecule has 6 heteroatoms. The van der Waals surface area contributed by atoms with Crippen molar-refractivity contribution in [3.63, 3.8) is 0 Å². The van der Waals surface area contributed by atoms with Gasteiger partial charge in [-0.25, -0.2) is 0 Å². The van der Waals surface area contributed by atoms with Crippen LogP contribution in [0.5, 0.6) is 0 Å². The normalized spacial score (nSPS) is 19.2. The van der Waals surface area contributed by atoms with Crippen molar-refractivity contribution >= 4 is 56.5 Å². The molecule has 6 nitrogen and oxygen atoms in total. The Morgan fingerprint density at radius 3 is 1.04 bits per heavy atom. The van der Waals surface area contributed by atoms with E-state index in [2.05, 4.69) is 245 Å². The van der Waals surface area contributed by atoms with E-state index < -0.39 is 0 Å². The number of allylic oxidation sites excluding steroid dienone is 6. The zero-order chi connectivity index (χ0) is 54.1. The van der Waals surface area contributed by atoms with Crippen LogP contribution in [0.1, 0.15) is 126 Å². The third kappa shape index (κ3) is 11.4. The van der Waals surface area contributed by atoms with Gasteiger partial charge in [-0.3, -0.25) is 9.98 Å². The van der Waals surface area contributed by atoms with E-state index >= 15 is 0 Å². The summed E-state index contributed by atoms with van der Waals surface area (Å²) in [4.78, 5) is 20.7. The molecule has 0 amide bonds. The standard InChI is InChI=1S/C72H84N6/c1-9-75(10-2)59-33-25-53(26-34-59)71(54-27-35-60(36-28-54)76(11-3)12-4)67-41-43-69(65-23-19-17-21-63(65)67)73-49-52-45-51-46-57(48-52)58(47-51)50-74-70-44-42-68(64-22-18-20-24-66(64)70)72(55-29-37-61(38-30-55)77(13-5)14-6)56-31-39-62(40-32-56)78(15-7)16-8/h17-44,51-52,57-58H,9-16,45-50H2,1-8H3. The summed E-state index contributed by atoms with van der Waals surface area (Å²) in [7, 11) is 0. The van der Waals surface area contributed by atoms with Crippen LogP contribution in [-0.4, -0.2) is 76.9 Å². The summed E-state index contributed by atoms with van der Waals surface area (Å²) in [6.07, 6.45) is 14.4. The molecule has 6 aromatic carbocycles. The number of rotatable bonds is 20. The second-order valence-electron chi connectivity index (χ2n) is 21.9. The van der Waals surface area contributed by atoms with E-state index in [9.17, 15) is 0 Å². The molecule has 6 aromatic rings. The summed E-state index contributed by atoms with van der Waals surface area (Å²) >= 11 is 0. The second-order valence-corrected chi connectivity index (χ2v) is 21.9. The fourth-order valence-corrected chi connectivity index (χ4v) is 13.6. The topological polar surface area (TPSA) is 37.7 Å². The largest absolute Gasteiger partial charge is 0.372 e. The molecule has 2 bridgehead atoms. The molecular formula is C72H84N6. The molecule has 0 heterocycles. The van der Waals surface area contributed by atoms with Crippen molar-refractivity contribution in [2.45, 2.75) is 81.1 Å². The third-order valence-electron chi connectivity index (χ3n) is 17.7. The maximum Gasteiger partial charge on any atom is 0.0653 e. The Labute approximate surface area is 468 Å². The van der Waals surface area contributed by atoms with Crippen molar-refractivity contribution in [2.75, 3.05) is 85.0 Å². The average molecular weight is 1030 g/mol. The second kappa shape index (κ2) is 25.1. The Bertz CT molecular complexity index is 3060. The van der Waals surface area contributed by atoms with Crippen LogP contribution in [0.2, 0.25) is 0 Å². The van der Waals surface area contributed by atoms with Gasteiger partial charge in [-0.2, -0.15) is 0 Å². The summed E-state index contributed by atoms with van der Waals surface area (Å²) < 4.78 is 0. The van der Waals surface area contributed by atoms with Gasteiger partial charge in [0.1, 0.15) is 0 Å². The lowest BCUT2D eigenvalue weighted by atomic mass is 9.79. The van der Waals surface area contributed by atoms with Crippen LogP contribution in [0, 0.1) is 23.7 Å². The lowest BCUT2D eigenvalue weighted by Crippen LogP contribution is -2.22. The quantitative estimate of drug-likeness (QED) is 0.0764. The molecule has 0 saturated heterocycles. The maximum atomic E-state index is 5.53. The molecule has 4 aliphatic carbocycles. The number of aliphatic imine (C=N–C) groups is 2. The fourth-order valence-electron chi connectivity index (χ4n) is 13.6. The molecule has 0 aliphatic heterocycles. The first-order chi connectivity index (χ1) is 38.3. The van der Waals surface area contributed by atoms with Crippen LogP contribution in [0.15, 0.2) is 180 Å². The van der Waals surface area contributed by atoms with Gasteiger partial charge in [0, 0.05) is 99.3 Å². The van der Waals surface area contributed by atoms with E-state index in [-0.39, 0.29) is 0 Å². The number of hydrogen-bond acceptors (Lipinski definition) is 6. The monoisotopic (exact) mass is 1030 g/mol. The van der Waals surface area contributed by atoms with Gasteiger partial charge >= 0.3 is 0 Å². The highest BCUT2D eigenvalue weighted by atomic mass is 15.1. The SMILES string of the molecule is CCN(CC)c1ccc(C(=C2C=CC(=NCC3CC4CC(CN=C5C=CC(=C(c6ccc(N(CC)CC)cc6)c6ccc(N(CC)CC)cc6)c6ccccc65)C(C3)C4)c3ccccc32)c2ccc(N(CC)CC)cc2)cc1. The van der Waals surface area contributed by atoms with Crippen LogP contribution in [-0.2, 0) is 0 Å². The Kier molecular flexibility index (Phi) is 17.4. The molecule has 78 heavy (non-hydrogen) atoms. The van der Waals surface area contributed by atoms with Gasteiger partial charge in [0.15, 0.2) is 0 Å². The van der Waals surface area contributed by atoms with Crippen molar-refractivity contribution in [2.24, 2.45) is 33.7 Å². The van der Waals surface area contributed by atoms with Gasteiger partial charge in [-0.05, 0) is 221 Å². The summed E-state index contributed by atoms with van der Waals surface area (Å²) in [5, 5.41) is 0. The maximum absolute atomic E-state index is 5.53. The minimum atomic E-state index is 0.587. The summed E-state index contributed by atoms with van der Waals surface area (Å²) in [5.41, 5.74) is 22.2.